The monoisotopic (exact) mass is 207 g/mol. The lowest BCUT2D eigenvalue weighted by Gasteiger charge is -2.25. The maximum absolute atomic E-state index is 13.6. The maximum Gasteiger partial charge on any atom is 0.126 e. The molecule has 3 heteroatoms. The minimum absolute atomic E-state index is 0.0411. The Bertz CT molecular complexity index is 380. The number of benzene rings is 1. The fourth-order valence-corrected chi connectivity index (χ4v) is 2.87. The van der Waals surface area contributed by atoms with Crippen molar-refractivity contribution in [1.29, 1.82) is 0 Å². The van der Waals surface area contributed by atoms with Crippen molar-refractivity contribution < 1.29 is 9.13 Å². The van der Waals surface area contributed by atoms with Gasteiger partial charge in [0, 0.05) is 12.0 Å². The van der Waals surface area contributed by atoms with Crippen LogP contribution in [0.25, 0.3) is 0 Å². The van der Waals surface area contributed by atoms with Gasteiger partial charge >= 0.3 is 0 Å². The van der Waals surface area contributed by atoms with Gasteiger partial charge in [0.25, 0.3) is 0 Å². The normalized spacial score (nSPS) is 38.5. The number of hydrogen-bond donors (Lipinski definition) is 1. The summed E-state index contributed by atoms with van der Waals surface area (Å²) in [5.41, 5.74) is 6.79. The molecule has 3 rings (SSSR count). The number of fused-ring (bicyclic) bond motifs is 2. The molecule has 0 spiro atoms. The molecule has 4 atom stereocenters. The third-order valence-electron chi connectivity index (χ3n) is 3.59. The Morgan fingerprint density at radius 1 is 1.20 bits per heavy atom. The molecule has 0 aromatic heterocycles. The number of nitrogens with two attached hydrogens (primary N) is 1. The Hall–Kier alpha value is -0.930. The van der Waals surface area contributed by atoms with Crippen molar-refractivity contribution in [2.45, 2.75) is 37.0 Å². The summed E-state index contributed by atoms with van der Waals surface area (Å²) in [6.07, 6.45) is 2.30. The van der Waals surface area contributed by atoms with E-state index in [0.717, 1.165) is 18.4 Å². The molecule has 0 saturated carbocycles. The van der Waals surface area contributed by atoms with Crippen molar-refractivity contribution in [3.63, 3.8) is 0 Å². The van der Waals surface area contributed by atoms with Crippen molar-refractivity contribution in [1.82, 2.24) is 0 Å². The van der Waals surface area contributed by atoms with E-state index >= 15 is 0 Å². The third kappa shape index (κ3) is 1.30. The Morgan fingerprint density at radius 3 is 2.60 bits per heavy atom. The summed E-state index contributed by atoms with van der Waals surface area (Å²) in [5.74, 6) is -0.112. The van der Waals surface area contributed by atoms with Crippen LogP contribution in [0.5, 0.6) is 0 Å². The van der Waals surface area contributed by atoms with Crippen LogP contribution < -0.4 is 5.73 Å². The summed E-state index contributed by atoms with van der Waals surface area (Å²) in [7, 11) is 0. The summed E-state index contributed by atoms with van der Waals surface area (Å²) in [5, 5.41) is 0. The predicted octanol–water partition coefficient (Wildman–Crippen LogP) is 1.80. The van der Waals surface area contributed by atoms with Crippen LogP contribution in [0.1, 0.15) is 24.3 Å². The van der Waals surface area contributed by atoms with Gasteiger partial charge in [0.2, 0.25) is 0 Å². The second kappa shape index (κ2) is 3.29. The smallest absolute Gasteiger partial charge is 0.126 e. The summed E-state index contributed by atoms with van der Waals surface area (Å²) in [6, 6.07) is 6.84. The lowest BCUT2D eigenvalue weighted by Crippen LogP contribution is -2.38. The number of halogens is 1. The highest BCUT2D eigenvalue weighted by molar-refractivity contribution is 5.28. The van der Waals surface area contributed by atoms with Gasteiger partial charge in [-0.25, -0.2) is 4.39 Å². The molecular formula is C12H14FNO. The van der Waals surface area contributed by atoms with E-state index in [9.17, 15) is 4.39 Å². The summed E-state index contributed by atoms with van der Waals surface area (Å²) >= 11 is 0. The summed E-state index contributed by atoms with van der Waals surface area (Å²) in [4.78, 5) is 0. The van der Waals surface area contributed by atoms with E-state index in [-0.39, 0.29) is 30.0 Å². The molecule has 15 heavy (non-hydrogen) atoms. The zero-order chi connectivity index (χ0) is 10.4. The number of ether oxygens (including phenoxy) is 1. The standard InChI is InChI=1S/C12H14FNO/c13-8-4-2-1-3-7(8)11-9-5-6-10(15-9)12(11)14/h1-4,9-12H,5-6,14H2. The van der Waals surface area contributed by atoms with Gasteiger partial charge in [0.1, 0.15) is 5.82 Å². The topological polar surface area (TPSA) is 35.2 Å². The molecule has 2 N–H and O–H groups in total. The second-order valence-electron chi connectivity index (χ2n) is 4.41. The minimum atomic E-state index is -0.158. The molecule has 2 aliphatic rings. The lowest BCUT2D eigenvalue weighted by atomic mass is 9.80. The van der Waals surface area contributed by atoms with Crippen LogP contribution in [0.4, 0.5) is 4.39 Å². The lowest BCUT2D eigenvalue weighted by molar-refractivity contribution is 0.0974. The van der Waals surface area contributed by atoms with Gasteiger partial charge in [0.05, 0.1) is 12.2 Å². The molecule has 2 saturated heterocycles. The molecule has 2 fully saturated rings. The molecule has 2 bridgehead atoms. The Balaban J connectivity index is 1.98. The van der Waals surface area contributed by atoms with Crippen molar-refractivity contribution >= 4 is 0 Å². The highest BCUT2D eigenvalue weighted by Crippen LogP contribution is 2.44. The first-order chi connectivity index (χ1) is 7.27. The molecular weight excluding hydrogens is 193 g/mol. The SMILES string of the molecule is NC1C2CCC(O2)C1c1ccccc1F. The Morgan fingerprint density at radius 2 is 1.93 bits per heavy atom. The Labute approximate surface area is 88.2 Å². The fourth-order valence-electron chi connectivity index (χ4n) is 2.87. The fraction of sp³-hybridized carbons (Fsp3) is 0.500. The first kappa shape index (κ1) is 9.31. The Kier molecular flexibility index (Phi) is 2.04. The molecule has 1 aromatic carbocycles. The molecule has 80 valence electrons. The van der Waals surface area contributed by atoms with Crippen LogP contribution in [0, 0.1) is 5.82 Å². The molecule has 2 aliphatic heterocycles. The van der Waals surface area contributed by atoms with Crippen molar-refractivity contribution in [3.05, 3.63) is 35.6 Å². The van der Waals surface area contributed by atoms with Gasteiger partial charge in [0.15, 0.2) is 0 Å². The maximum atomic E-state index is 13.6. The first-order valence-electron chi connectivity index (χ1n) is 5.43. The van der Waals surface area contributed by atoms with Crippen LogP contribution in [0.2, 0.25) is 0 Å². The number of hydrogen-bond acceptors (Lipinski definition) is 2. The van der Waals surface area contributed by atoms with Crippen LogP contribution in [-0.2, 0) is 4.74 Å². The van der Waals surface area contributed by atoms with Gasteiger partial charge in [-0.3, -0.25) is 0 Å². The molecule has 0 amide bonds. The van der Waals surface area contributed by atoms with E-state index in [1.165, 1.54) is 6.07 Å². The number of rotatable bonds is 1. The van der Waals surface area contributed by atoms with Crippen LogP contribution in [-0.4, -0.2) is 18.2 Å². The first-order valence-corrected chi connectivity index (χ1v) is 5.43. The van der Waals surface area contributed by atoms with E-state index in [2.05, 4.69) is 0 Å². The largest absolute Gasteiger partial charge is 0.373 e. The molecule has 2 nitrogen and oxygen atoms in total. The highest BCUT2D eigenvalue weighted by atomic mass is 19.1. The van der Waals surface area contributed by atoms with E-state index in [4.69, 9.17) is 10.5 Å². The quantitative estimate of drug-likeness (QED) is 0.762. The average Bonchev–Trinajstić information content (AvgIpc) is 2.80. The molecule has 0 radical (unpaired) electrons. The van der Waals surface area contributed by atoms with E-state index in [1.807, 2.05) is 12.1 Å². The van der Waals surface area contributed by atoms with Gasteiger partial charge in [-0.1, -0.05) is 18.2 Å². The van der Waals surface area contributed by atoms with E-state index < -0.39 is 0 Å². The zero-order valence-electron chi connectivity index (χ0n) is 8.40. The summed E-state index contributed by atoms with van der Waals surface area (Å²) < 4.78 is 19.3. The second-order valence-corrected chi connectivity index (χ2v) is 4.41. The van der Waals surface area contributed by atoms with Gasteiger partial charge in [-0.15, -0.1) is 0 Å². The van der Waals surface area contributed by atoms with Crippen LogP contribution in [0.15, 0.2) is 24.3 Å². The highest BCUT2D eigenvalue weighted by Gasteiger charge is 2.48. The zero-order valence-corrected chi connectivity index (χ0v) is 8.40. The summed E-state index contributed by atoms with van der Waals surface area (Å²) in [6.45, 7) is 0. The van der Waals surface area contributed by atoms with E-state index in [1.54, 1.807) is 6.07 Å². The average molecular weight is 207 g/mol. The molecule has 4 unspecified atom stereocenters. The van der Waals surface area contributed by atoms with Crippen molar-refractivity contribution in [2.75, 3.05) is 0 Å². The van der Waals surface area contributed by atoms with Crippen molar-refractivity contribution in [3.8, 4) is 0 Å². The molecule has 0 aliphatic carbocycles. The van der Waals surface area contributed by atoms with E-state index in [0.29, 0.717) is 0 Å². The minimum Gasteiger partial charge on any atom is -0.373 e. The van der Waals surface area contributed by atoms with Gasteiger partial charge < -0.3 is 10.5 Å². The van der Waals surface area contributed by atoms with Gasteiger partial charge in [-0.2, -0.15) is 0 Å². The third-order valence-corrected chi connectivity index (χ3v) is 3.59. The predicted molar refractivity (Wildman–Crippen MR) is 55.0 cm³/mol. The molecule has 1 aromatic rings. The van der Waals surface area contributed by atoms with Gasteiger partial charge in [-0.05, 0) is 24.5 Å². The molecule has 2 heterocycles. The van der Waals surface area contributed by atoms with Crippen LogP contribution >= 0.6 is 0 Å². The van der Waals surface area contributed by atoms with Crippen LogP contribution in [0.3, 0.4) is 0 Å². The van der Waals surface area contributed by atoms with Crippen molar-refractivity contribution in [2.24, 2.45) is 5.73 Å².